The summed E-state index contributed by atoms with van der Waals surface area (Å²) in [5, 5.41) is 8.58. The molecule has 0 aliphatic rings. The summed E-state index contributed by atoms with van der Waals surface area (Å²) in [5.74, 6) is -0.984. The van der Waals surface area contributed by atoms with Gasteiger partial charge in [0.25, 0.3) is 6.43 Å². The molecule has 1 heterocycles. The van der Waals surface area contributed by atoms with Gasteiger partial charge >= 0.3 is 5.97 Å². The Morgan fingerprint density at radius 3 is 2.80 bits per heavy atom. The topological polar surface area (TPSA) is 63.0 Å². The van der Waals surface area contributed by atoms with Crippen LogP contribution in [0.25, 0.3) is 0 Å². The van der Waals surface area contributed by atoms with Crippen molar-refractivity contribution in [3.63, 3.8) is 0 Å². The lowest BCUT2D eigenvalue weighted by Gasteiger charge is -2.06. The van der Waals surface area contributed by atoms with Gasteiger partial charge in [-0.3, -0.25) is 0 Å². The SMILES string of the molecule is COC(=O)c1nccc(C#N)c1C(F)F. The van der Waals surface area contributed by atoms with Gasteiger partial charge in [-0.05, 0) is 6.07 Å². The van der Waals surface area contributed by atoms with Crippen molar-refractivity contribution in [2.45, 2.75) is 6.43 Å². The minimum Gasteiger partial charge on any atom is -0.464 e. The second-order valence-electron chi connectivity index (χ2n) is 2.52. The molecule has 0 radical (unpaired) electrons. The molecule has 6 heteroatoms. The largest absolute Gasteiger partial charge is 0.464 e. The number of pyridine rings is 1. The Labute approximate surface area is 84.1 Å². The number of methoxy groups -OCH3 is 1. The zero-order valence-electron chi connectivity index (χ0n) is 7.70. The number of nitrogens with zero attached hydrogens (tertiary/aromatic N) is 2. The molecule has 15 heavy (non-hydrogen) atoms. The zero-order chi connectivity index (χ0) is 11.4. The van der Waals surface area contributed by atoms with Crippen LogP contribution in [0.3, 0.4) is 0 Å². The maximum Gasteiger partial charge on any atom is 0.357 e. The lowest BCUT2D eigenvalue weighted by atomic mass is 10.1. The summed E-state index contributed by atoms with van der Waals surface area (Å²) in [6.45, 7) is 0. The van der Waals surface area contributed by atoms with Gasteiger partial charge in [-0.2, -0.15) is 5.26 Å². The summed E-state index contributed by atoms with van der Waals surface area (Å²) < 4.78 is 29.4. The number of carbonyl (C=O) groups is 1. The highest BCUT2D eigenvalue weighted by Gasteiger charge is 2.23. The number of aromatic nitrogens is 1. The molecule has 1 aromatic rings. The molecule has 0 saturated carbocycles. The molecule has 0 aromatic carbocycles. The highest BCUT2D eigenvalue weighted by Crippen LogP contribution is 2.25. The fraction of sp³-hybridized carbons (Fsp3) is 0.222. The number of alkyl halides is 2. The summed E-state index contributed by atoms with van der Waals surface area (Å²) in [6.07, 6.45) is -1.83. The Morgan fingerprint density at radius 2 is 2.33 bits per heavy atom. The van der Waals surface area contributed by atoms with E-state index in [2.05, 4.69) is 9.72 Å². The van der Waals surface area contributed by atoms with Crippen molar-refractivity contribution in [3.8, 4) is 6.07 Å². The van der Waals surface area contributed by atoms with E-state index in [-0.39, 0.29) is 5.56 Å². The Kier molecular flexibility index (Phi) is 3.29. The molecule has 0 amide bonds. The first-order valence-electron chi connectivity index (χ1n) is 3.87. The van der Waals surface area contributed by atoms with Gasteiger partial charge < -0.3 is 4.74 Å². The molecule has 0 fully saturated rings. The average molecular weight is 212 g/mol. The smallest absolute Gasteiger partial charge is 0.357 e. The van der Waals surface area contributed by atoms with Crippen LogP contribution in [0.15, 0.2) is 12.3 Å². The quantitative estimate of drug-likeness (QED) is 0.699. The lowest BCUT2D eigenvalue weighted by molar-refractivity contribution is 0.0581. The predicted molar refractivity (Wildman–Crippen MR) is 45.2 cm³/mol. The van der Waals surface area contributed by atoms with Crippen LogP contribution in [0.5, 0.6) is 0 Å². The number of rotatable bonds is 2. The Bertz CT molecular complexity index is 427. The summed E-state index contributed by atoms with van der Waals surface area (Å²) in [7, 11) is 1.05. The number of halogens is 2. The molecular weight excluding hydrogens is 206 g/mol. The molecule has 78 valence electrons. The number of hydrogen-bond donors (Lipinski definition) is 0. The van der Waals surface area contributed by atoms with E-state index < -0.39 is 23.7 Å². The first-order chi connectivity index (χ1) is 7.11. The summed E-state index contributed by atoms with van der Waals surface area (Å²) in [5.41, 5.74) is -1.49. The van der Waals surface area contributed by atoms with Gasteiger partial charge in [0.15, 0.2) is 5.69 Å². The molecule has 0 unspecified atom stereocenters. The van der Waals surface area contributed by atoms with Gasteiger partial charge in [0, 0.05) is 6.20 Å². The fourth-order valence-corrected chi connectivity index (χ4v) is 1.05. The third kappa shape index (κ3) is 2.07. The van der Waals surface area contributed by atoms with E-state index in [4.69, 9.17) is 5.26 Å². The standard InChI is InChI=1S/C9H6F2N2O2/c1-15-9(14)7-6(8(10)11)5(4-12)2-3-13-7/h2-3,8H,1H3. The number of esters is 1. The Hall–Kier alpha value is -2.03. The second kappa shape index (κ2) is 4.46. The maximum absolute atomic E-state index is 12.6. The molecule has 1 aromatic heterocycles. The zero-order valence-corrected chi connectivity index (χ0v) is 7.70. The summed E-state index contributed by atoms with van der Waals surface area (Å²) in [6, 6.07) is 2.69. The highest BCUT2D eigenvalue weighted by molar-refractivity contribution is 5.89. The van der Waals surface area contributed by atoms with Gasteiger partial charge in [-0.1, -0.05) is 0 Å². The van der Waals surface area contributed by atoms with Gasteiger partial charge in [-0.25, -0.2) is 18.6 Å². The van der Waals surface area contributed by atoms with Gasteiger partial charge in [0.2, 0.25) is 0 Å². The van der Waals surface area contributed by atoms with Crippen molar-refractivity contribution >= 4 is 5.97 Å². The Balaban J connectivity index is 3.40. The van der Waals surface area contributed by atoms with E-state index in [1.54, 1.807) is 6.07 Å². The van der Waals surface area contributed by atoms with Gasteiger partial charge in [0.1, 0.15) is 0 Å². The molecule has 4 nitrogen and oxygen atoms in total. The normalized spacial score (nSPS) is 9.80. The molecule has 0 aliphatic carbocycles. The molecule has 0 N–H and O–H groups in total. The van der Waals surface area contributed by atoms with Crippen LogP contribution in [-0.2, 0) is 4.74 Å². The minimum atomic E-state index is -2.94. The predicted octanol–water partition coefficient (Wildman–Crippen LogP) is 1.68. The number of ether oxygens (including phenoxy) is 1. The number of nitriles is 1. The van der Waals surface area contributed by atoms with Crippen molar-refractivity contribution in [2.75, 3.05) is 7.11 Å². The van der Waals surface area contributed by atoms with E-state index >= 15 is 0 Å². The average Bonchev–Trinajstić information content (AvgIpc) is 2.26. The molecule has 0 atom stereocenters. The molecule has 1 rings (SSSR count). The third-order valence-electron chi connectivity index (χ3n) is 1.71. The minimum absolute atomic E-state index is 0.277. The van der Waals surface area contributed by atoms with Crippen LogP contribution in [-0.4, -0.2) is 18.1 Å². The molecule has 0 spiro atoms. The monoisotopic (exact) mass is 212 g/mol. The molecule has 0 bridgehead atoms. The fourth-order valence-electron chi connectivity index (χ4n) is 1.05. The molecule has 0 saturated heterocycles. The maximum atomic E-state index is 12.6. The van der Waals surface area contributed by atoms with Gasteiger partial charge in [-0.15, -0.1) is 0 Å². The Morgan fingerprint density at radius 1 is 1.67 bits per heavy atom. The second-order valence-corrected chi connectivity index (χ2v) is 2.52. The van der Waals surface area contributed by atoms with Crippen LogP contribution in [0.4, 0.5) is 8.78 Å². The van der Waals surface area contributed by atoms with E-state index in [1.807, 2.05) is 0 Å². The van der Waals surface area contributed by atoms with E-state index in [0.717, 1.165) is 19.4 Å². The van der Waals surface area contributed by atoms with E-state index in [1.165, 1.54) is 0 Å². The highest BCUT2D eigenvalue weighted by atomic mass is 19.3. The van der Waals surface area contributed by atoms with Crippen LogP contribution < -0.4 is 0 Å². The number of hydrogen-bond acceptors (Lipinski definition) is 4. The van der Waals surface area contributed by atoms with Crippen LogP contribution in [0.1, 0.15) is 28.0 Å². The molecule has 0 aliphatic heterocycles. The van der Waals surface area contributed by atoms with E-state index in [9.17, 15) is 13.6 Å². The van der Waals surface area contributed by atoms with Gasteiger partial charge in [0.05, 0.1) is 24.3 Å². The van der Waals surface area contributed by atoms with Crippen LogP contribution in [0, 0.1) is 11.3 Å². The van der Waals surface area contributed by atoms with Crippen molar-refractivity contribution < 1.29 is 18.3 Å². The van der Waals surface area contributed by atoms with Crippen molar-refractivity contribution in [3.05, 3.63) is 29.1 Å². The number of carbonyl (C=O) groups excluding carboxylic acids is 1. The first-order valence-corrected chi connectivity index (χ1v) is 3.87. The lowest BCUT2D eigenvalue weighted by Crippen LogP contribution is -2.10. The summed E-state index contributed by atoms with van der Waals surface area (Å²) >= 11 is 0. The van der Waals surface area contributed by atoms with Crippen LogP contribution in [0.2, 0.25) is 0 Å². The first kappa shape index (κ1) is 11.0. The van der Waals surface area contributed by atoms with E-state index in [0.29, 0.717) is 0 Å². The summed E-state index contributed by atoms with van der Waals surface area (Å²) in [4.78, 5) is 14.6. The third-order valence-corrected chi connectivity index (χ3v) is 1.71. The van der Waals surface area contributed by atoms with Crippen LogP contribution >= 0.6 is 0 Å². The molecular formula is C9H6F2N2O2. The van der Waals surface area contributed by atoms with Crippen molar-refractivity contribution in [1.82, 2.24) is 4.98 Å². The van der Waals surface area contributed by atoms with Crippen molar-refractivity contribution in [1.29, 1.82) is 5.26 Å². The van der Waals surface area contributed by atoms with Crippen molar-refractivity contribution in [2.24, 2.45) is 0 Å².